The Balaban J connectivity index is 2.21. The van der Waals surface area contributed by atoms with E-state index in [1.165, 1.54) is 0 Å². The summed E-state index contributed by atoms with van der Waals surface area (Å²) in [4.78, 5) is 0. The molecule has 15 heavy (non-hydrogen) atoms. The molecule has 1 aliphatic carbocycles. The summed E-state index contributed by atoms with van der Waals surface area (Å²) < 4.78 is 36.9. The Labute approximate surface area is 84.8 Å². The lowest BCUT2D eigenvalue weighted by atomic mass is 9.98. The summed E-state index contributed by atoms with van der Waals surface area (Å²) in [6, 6.07) is 1.10. The zero-order valence-corrected chi connectivity index (χ0v) is 8.06. The zero-order valence-electron chi connectivity index (χ0n) is 8.06. The third-order valence-electron chi connectivity index (χ3n) is 2.92. The molecule has 1 aromatic rings. The normalized spacial score (nSPS) is 19.2. The molecule has 0 amide bonds. The van der Waals surface area contributed by atoms with Crippen LogP contribution in [0.5, 0.6) is 0 Å². The molecular formula is C9H12F3N3. The van der Waals surface area contributed by atoms with Gasteiger partial charge in [-0.3, -0.25) is 5.10 Å². The Kier molecular flexibility index (Phi) is 2.26. The lowest BCUT2D eigenvalue weighted by molar-refractivity contribution is -0.141. The van der Waals surface area contributed by atoms with E-state index < -0.39 is 11.9 Å². The molecule has 0 radical (unpaired) electrons. The van der Waals surface area contributed by atoms with Gasteiger partial charge in [-0.2, -0.15) is 18.3 Å². The van der Waals surface area contributed by atoms with E-state index in [2.05, 4.69) is 10.2 Å². The van der Waals surface area contributed by atoms with Gasteiger partial charge < -0.3 is 5.73 Å². The third kappa shape index (κ3) is 1.86. The van der Waals surface area contributed by atoms with Crippen molar-refractivity contribution in [2.75, 3.05) is 6.54 Å². The molecule has 2 rings (SSSR count). The summed E-state index contributed by atoms with van der Waals surface area (Å²) in [7, 11) is 0. The molecule has 0 saturated heterocycles. The van der Waals surface area contributed by atoms with E-state index in [0.717, 1.165) is 18.9 Å². The smallest absolute Gasteiger partial charge is 0.330 e. The van der Waals surface area contributed by atoms with Crippen LogP contribution < -0.4 is 5.73 Å². The topological polar surface area (TPSA) is 54.7 Å². The van der Waals surface area contributed by atoms with Crippen LogP contribution in [0.15, 0.2) is 6.07 Å². The van der Waals surface area contributed by atoms with Crippen LogP contribution in [0, 0.1) is 0 Å². The van der Waals surface area contributed by atoms with E-state index in [1.54, 1.807) is 0 Å². The van der Waals surface area contributed by atoms with Crippen molar-refractivity contribution in [3.05, 3.63) is 17.5 Å². The second-order valence-corrected chi connectivity index (χ2v) is 3.98. The maximum atomic E-state index is 12.3. The van der Waals surface area contributed by atoms with Crippen LogP contribution in [0.4, 0.5) is 13.2 Å². The van der Waals surface area contributed by atoms with Gasteiger partial charge in [-0.15, -0.1) is 0 Å². The molecule has 0 bridgehead atoms. The van der Waals surface area contributed by atoms with Gasteiger partial charge in [-0.05, 0) is 31.9 Å². The minimum atomic E-state index is -4.37. The molecule has 84 valence electrons. The molecule has 0 aromatic carbocycles. The minimum absolute atomic E-state index is 0.161. The molecule has 3 N–H and O–H groups in total. The van der Waals surface area contributed by atoms with Crippen LogP contribution in [0.2, 0.25) is 0 Å². The number of rotatable bonds is 3. The number of halogens is 3. The zero-order chi connectivity index (χ0) is 11.1. The van der Waals surface area contributed by atoms with Gasteiger partial charge in [-0.1, -0.05) is 0 Å². The fourth-order valence-electron chi connectivity index (χ4n) is 1.82. The predicted molar refractivity (Wildman–Crippen MR) is 48.2 cm³/mol. The number of H-pyrrole nitrogens is 1. The van der Waals surface area contributed by atoms with E-state index in [-0.39, 0.29) is 5.41 Å². The van der Waals surface area contributed by atoms with Gasteiger partial charge in [0.15, 0.2) is 5.69 Å². The summed E-state index contributed by atoms with van der Waals surface area (Å²) in [5, 5.41) is 5.76. The second kappa shape index (κ2) is 3.23. The number of hydrogen-bond acceptors (Lipinski definition) is 2. The fourth-order valence-corrected chi connectivity index (χ4v) is 1.82. The Morgan fingerprint density at radius 1 is 1.47 bits per heavy atom. The summed E-state index contributed by atoms with van der Waals surface area (Å²) in [6.07, 6.45) is -1.87. The number of nitrogens with two attached hydrogens (primary N) is 1. The van der Waals surface area contributed by atoms with Gasteiger partial charge >= 0.3 is 6.18 Å². The highest BCUT2D eigenvalue weighted by Crippen LogP contribution is 2.50. The summed E-state index contributed by atoms with van der Waals surface area (Å²) in [5.74, 6) is 0. The van der Waals surface area contributed by atoms with Crippen molar-refractivity contribution >= 4 is 0 Å². The monoisotopic (exact) mass is 219 g/mol. The van der Waals surface area contributed by atoms with E-state index in [9.17, 15) is 13.2 Å². The Morgan fingerprint density at radius 2 is 2.13 bits per heavy atom. The molecule has 1 aromatic heterocycles. The fraction of sp³-hybridized carbons (Fsp3) is 0.667. The first-order valence-electron chi connectivity index (χ1n) is 4.81. The van der Waals surface area contributed by atoms with Crippen LogP contribution in [0.25, 0.3) is 0 Å². The number of hydrogen-bond donors (Lipinski definition) is 2. The van der Waals surface area contributed by atoms with Gasteiger partial charge in [0.25, 0.3) is 0 Å². The van der Waals surface area contributed by atoms with Crippen LogP contribution in [-0.4, -0.2) is 16.7 Å². The highest BCUT2D eigenvalue weighted by Gasteiger charge is 2.46. The van der Waals surface area contributed by atoms with Gasteiger partial charge in [0.2, 0.25) is 0 Å². The second-order valence-electron chi connectivity index (χ2n) is 3.98. The third-order valence-corrected chi connectivity index (χ3v) is 2.92. The van der Waals surface area contributed by atoms with Crippen molar-refractivity contribution in [3.63, 3.8) is 0 Å². The van der Waals surface area contributed by atoms with Crippen molar-refractivity contribution in [1.82, 2.24) is 10.2 Å². The summed E-state index contributed by atoms with van der Waals surface area (Å²) in [6.45, 7) is 0.486. The van der Waals surface area contributed by atoms with E-state index in [4.69, 9.17) is 5.73 Å². The molecule has 1 fully saturated rings. The average Bonchev–Trinajstić information content (AvgIpc) is 2.75. The maximum absolute atomic E-state index is 12.3. The SMILES string of the molecule is NCCC1(c2cc(C(F)(F)F)n[nH]2)CC1. The standard InChI is InChI=1S/C9H12F3N3/c10-9(11,12)7-5-6(14-15-7)8(1-2-8)3-4-13/h5H,1-4,13H2,(H,14,15). The maximum Gasteiger partial charge on any atom is 0.435 e. The first-order valence-corrected chi connectivity index (χ1v) is 4.81. The Bertz CT molecular complexity index is 352. The molecule has 3 nitrogen and oxygen atoms in total. The molecule has 0 aliphatic heterocycles. The molecule has 1 heterocycles. The lowest BCUT2D eigenvalue weighted by Crippen LogP contribution is -2.13. The van der Waals surface area contributed by atoms with Gasteiger partial charge in [0, 0.05) is 11.1 Å². The van der Waals surface area contributed by atoms with Crippen LogP contribution in [0.3, 0.4) is 0 Å². The van der Waals surface area contributed by atoms with Crippen molar-refractivity contribution in [2.24, 2.45) is 5.73 Å². The molecule has 1 aliphatic rings. The quantitative estimate of drug-likeness (QED) is 0.814. The lowest BCUT2D eigenvalue weighted by Gasteiger charge is -2.10. The summed E-state index contributed by atoms with van der Waals surface area (Å²) in [5.41, 5.74) is 4.99. The number of aromatic nitrogens is 2. The minimum Gasteiger partial charge on any atom is -0.330 e. The number of alkyl halides is 3. The number of aromatic amines is 1. The first kappa shape index (κ1) is 10.5. The van der Waals surface area contributed by atoms with Gasteiger partial charge in [0.1, 0.15) is 0 Å². The van der Waals surface area contributed by atoms with Gasteiger partial charge in [-0.25, -0.2) is 0 Å². The molecule has 0 atom stereocenters. The highest BCUT2D eigenvalue weighted by molar-refractivity contribution is 5.26. The molecule has 6 heteroatoms. The van der Waals surface area contributed by atoms with Crippen molar-refractivity contribution in [3.8, 4) is 0 Å². The Morgan fingerprint density at radius 3 is 2.53 bits per heavy atom. The van der Waals surface area contributed by atoms with Crippen molar-refractivity contribution in [2.45, 2.75) is 30.9 Å². The molecule has 0 spiro atoms. The van der Waals surface area contributed by atoms with Crippen molar-refractivity contribution < 1.29 is 13.2 Å². The van der Waals surface area contributed by atoms with E-state index in [1.807, 2.05) is 0 Å². The first-order chi connectivity index (χ1) is 6.98. The van der Waals surface area contributed by atoms with E-state index in [0.29, 0.717) is 18.7 Å². The van der Waals surface area contributed by atoms with Crippen molar-refractivity contribution in [1.29, 1.82) is 0 Å². The Hall–Kier alpha value is -1.04. The summed E-state index contributed by atoms with van der Waals surface area (Å²) >= 11 is 0. The molecule has 1 saturated carbocycles. The number of nitrogens with zero attached hydrogens (tertiary/aromatic N) is 1. The van der Waals surface area contributed by atoms with Crippen LogP contribution in [-0.2, 0) is 11.6 Å². The number of nitrogens with one attached hydrogen (secondary N) is 1. The highest BCUT2D eigenvalue weighted by atomic mass is 19.4. The van der Waals surface area contributed by atoms with Gasteiger partial charge in [0.05, 0.1) is 0 Å². The average molecular weight is 219 g/mol. The van der Waals surface area contributed by atoms with Crippen LogP contribution in [0.1, 0.15) is 30.7 Å². The van der Waals surface area contributed by atoms with Crippen LogP contribution >= 0.6 is 0 Å². The predicted octanol–water partition coefficient (Wildman–Crippen LogP) is 1.81. The molecule has 0 unspecified atom stereocenters. The largest absolute Gasteiger partial charge is 0.435 e. The van der Waals surface area contributed by atoms with E-state index >= 15 is 0 Å². The molecular weight excluding hydrogens is 207 g/mol.